The first-order valence-corrected chi connectivity index (χ1v) is 8.63. The van der Waals surface area contributed by atoms with Crippen molar-refractivity contribution < 1.29 is 23.8 Å². The van der Waals surface area contributed by atoms with E-state index in [1.807, 2.05) is 6.92 Å². The van der Waals surface area contributed by atoms with Crippen molar-refractivity contribution in [2.75, 3.05) is 11.9 Å². The Labute approximate surface area is 145 Å². The van der Waals surface area contributed by atoms with Gasteiger partial charge in [0, 0.05) is 18.2 Å². The Bertz CT molecular complexity index is 694. The van der Waals surface area contributed by atoms with Crippen molar-refractivity contribution in [1.29, 1.82) is 0 Å². The van der Waals surface area contributed by atoms with Crippen molar-refractivity contribution in [3.63, 3.8) is 0 Å². The van der Waals surface area contributed by atoms with E-state index in [1.165, 1.54) is 12.1 Å². The minimum Gasteiger partial charge on any atom is -0.481 e. The maximum absolute atomic E-state index is 14.2. The van der Waals surface area contributed by atoms with Gasteiger partial charge in [-0.05, 0) is 24.8 Å². The predicted octanol–water partition coefficient (Wildman–Crippen LogP) is 2.10. The zero-order valence-corrected chi connectivity index (χ0v) is 14.2. The van der Waals surface area contributed by atoms with Crippen molar-refractivity contribution in [3.8, 4) is 5.75 Å². The number of rotatable bonds is 3. The molecule has 7 heteroatoms. The molecule has 2 amide bonds. The Kier molecular flexibility index (Phi) is 4.94. The molecule has 0 saturated heterocycles. The molecule has 1 saturated carbocycles. The molecule has 25 heavy (non-hydrogen) atoms. The number of aliphatic hydroxyl groups is 1. The third-order valence-corrected chi connectivity index (χ3v) is 4.87. The second kappa shape index (κ2) is 7.00. The summed E-state index contributed by atoms with van der Waals surface area (Å²) >= 11 is 0. The van der Waals surface area contributed by atoms with E-state index in [0.717, 1.165) is 19.3 Å². The molecule has 136 valence electrons. The smallest absolute Gasteiger partial charge is 0.262 e. The highest BCUT2D eigenvalue weighted by Crippen LogP contribution is 2.32. The Morgan fingerprint density at radius 2 is 2.28 bits per heavy atom. The summed E-state index contributed by atoms with van der Waals surface area (Å²) in [5, 5.41) is 15.9. The molecule has 1 fully saturated rings. The SMILES string of the molecule is CC1CCCCC(O)(C(=O)NCc2cc3c(cc2F)OCC(=O)N3)C1. The first kappa shape index (κ1) is 17.7. The highest BCUT2D eigenvalue weighted by Gasteiger charge is 2.38. The average molecular weight is 350 g/mol. The number of carbonyl (C=O) groups is 2. The van der Waals surface area contributed by atoms with Gasteiger partial charge in [-0.15, -0.1) is 0 Å². The quantitative estimate of drug-likeness (QED) is 0.729. The van der Waals surface area contributed by atoms with E-state index in [4.69, 9.17) is 4.74 Å². The lowest BCUT2D eigenvalue weighted by atomic mass is 9.89. The lowest BCUT2D eigenvalue weighted by molar-refractivity contribution is -0.142. The van der Waals surface area contributed by atoms with E-state index in [-0.39, 0.29) is 36.3 Å². The number of hydrogen-bond acceptors (Lipinski definition) is 4. The van der Waals surface area contributed by atoms with Crippen LogP contribution in [0.5, 0.6) is 5.75 Å². The van der Waals surface area contributed by atoms with Gasteiger partial charge in [0.15, 0.2) is 6.61 Å². The molecule has 1 aromatic carbocycles. The summed E-state index contributed by atoms with van der Waals surface area (Å²) in [5.41, 5.74) is -0.801. The number of fused-ring (bicyclic) bond motifs is 1. The van der Waals surface area contributed by atoms with Crippen LogP contribution < -0.4 is 15.4 Å². The minimum atomic E-state index is -1.40. The number of hydrogen-bond donors (Lipinski definition) is 3. The van der Waals surface area contributed by atoms with Crippen LogP contribution in [0.1, 0.15) is 44.6 Å². The molecule has 3 N–H and O–H groups in total. The molecule has 0 radical (unpaired) electrons. The van der Waals surface area contributed by atoms with Gasteiger partial charge in [0.1, 0.15) is 17.2 Å². The Balaban J connectivity index is 1.69. The highest BCUT2D eigenvalue weighted by atomic mass is 19.1. The van der Waals surface area contributed by atoms with E-state index < -0.39 is 17.3 Å². The number of amides is 2. The molecule has 1 heterocycles. The zero-order valence-electron chi connectivity index (χ0n) is 14.2. The fraction of sp³-hybridized carbons (Fsp3) is 0.556. The third kappa shape index (κ3) is 3.92. The van der Waals surface area contributed by atoms with Gasteiger partial charge in [0.05, 0.1) is 5.69 Å². The van der Waals surface area contributed by atoms with E-state index in [0.29, 0.717) is 18.5 Å². The summed E-state index contributed by atoms with van der Waals surface area (Å²) in [6, 6.07) is 2.64. The second-order valence-corrected chi connectivity index (χ2v) is 7.05. The van der Waals surface area contributed by atoms with Crippen LogP contribution in [-0.4, -0.2) is 29.1 Å². The van der Waals surface area contributed by atoms with Crippen molar-refractivity contribution in [2.24, 2.45) is 5.92 Å². The van der Waals surface area contributed by atoms with Gasteiger partial charge in [-0.3, -0.25) is 9.59 Å². The maximum atomic E-state index is 14.2. The zero-order chi connectivity index (χ0) is 18.0. The van der Waals surface area contributed by atoms with Gasteiger partial charge in [-0.25, -0.2) is 4.39 Å². The molecule has 0 spiro atoms. The molecule has 1 aliphatic carbocycles. The fourth-order valence-corrected chi connectivity index (χ4v) is 3.52. The van der Waals surface area contributed by atoms with Crippen LogP contribution in [0.15, 0.2) is 12.1 Å². The van der Waals surface area contributed by atoms with Gasteiger partial charge in [-0.1, -0.05) is 26.2 Å². The van der Waals surface area contributed by atoms with Crippen LogP contribution in [0.25, 0.3) is 0 Å². The van der Waals surface area contributed by atoms with Crippen molar-refractivity contribution in [1.82, 2.24) is 5.32 Å². The summed E-state index contributed by atoms with van der Waals surface area (Å²) in [4.78, 5) is 23.8. The Morgan fingerprint density at radius 1 is 1.48 bits per heavy atom. The standard InChI is InChI=1S/C18H23FN2O4/c1-11-4-2-3-5-18(24,8-11)17(23)20-9-12-6-14-15(7-13(12)19)25-10-16(22)21-14/h6-7,11,24H,2-5,8-10H2,1H3,(H,20,23)(H,21,22). The number of carbonyl (C=O) groups excluding carboxylic acids is 2. The van der Waals surface area contributed by atoms with Crippen molar-refractivity contribution in [2.45, 2.75) is 51.2 Å². The normalized spacial score (nSPS) is 26.0. The van der Waals surface area contributed by atoms with Crippen LogP contribution in [-0.2, 0) is 16.1 Å². The molecule has 0 bridgehead atoms. The molecule has 2 aliphatic rings. The molecular weight excluding hydrogens is 327 g/mol. The lowest BCUT2D eigenvalue weighted by Gasteiger charge is -2.27. The van der Waals surface area contributed by atoms with Crippen LogP contribution in [0.2, 0.25) is 0 Å². The van der Waals surface area contributed by atoms with E-state index in [9.17, 15) is 19.1 Å². The van der Waals surface area contributed by atoms with Gasteiger partial charge >= 0.3 is 0 Å². The number of halogens is 1. The number of anilines is 1. The first-order valence-electron chi connectivity index (χ1n) is 8.63. The molecule has 6 nitrogen and oxygen atoms in total. The monoisotopic (exact) mass is 350 g/mol. The van der Waals surface area contributed by atoms with Gasteiger partial charge in [0.25, 0.3) is 11.8 Å². The van der Waals surface area contributed by atoms with Crippen LogP contribution >= 0.6 is 0 Å². The third-order valence-electron chi connectivity index (χ3n) is 4.87. The van der Waals surface area contributed by atoms with Crippen LogP contribution in [0, 0.1) is 11.7 Å². The van der Waals surface area contributed by atoms with Crippen molar-refractivity contribution in [3.05, 3.63) is 23.5 Å². The average Bonchev–Trinajstić information content (AvgIpc) is 2.74. The predicted molar refractivity (Wildman–Crippen MR) is 89.6 cm³/mol. The summed E-state index contributed by atoms with van der Waals surface area (Å²) < 4.78 is 19.3. The number of nitrogens with one attached hydrogen (secondary N) is 2. The molecule has 0 aromatic heterocycles. The molecule has 2 atom stereocenters. The maximum Gasteiger partial charge on any atom is 0.262 e. The first-order chi connectivity index (χ1) is 11.9. The van der Waals surface area contributed by atoms with Gasteiger partial charge in [-0.2, -0.15) is 0 Å². The molecule has 2 unspecified atom stereocenters. The summed E-state index contributed by atoms with van der Waals surface area (Å²) in [7, 11) is 0. The lowest BCUT2D eigenvalue weighted by Crippen LogP contribution is -2.47. The van der Waals surface area contributed by atoms with Gasteiger partial charge < -0.3 is 20.5 Å². The molecular formula is C18H23FN2O4. The summed E-state index contributed by atoms with van der Waals surface area (Å²) in [6.45, 7) is 1.81. The molecule has 3 rings (SSSR count). The summed E-state index contributed by atoms with van der Waals surface area (Å²) in [5.74, 6) is -0.777. The van der Waals surface area contributed by atoms with Crippen molar-refractivity contribution >= 4 is 17.5 Å². The fourth-order valence-electron chi connectivity index (χ4n) is 3.52. The van der Waals surface area contributed by atoms with Gasteiger partial charge in [0.2, 0.25) is 0 Å². The topological polar surface area (TPSA) is 87.7 Å². The van der Waals surface area contributed by atoms with E-state index in [1.54, 1.807) is 0 Å². The van der Waals surface area contributed by atoms with Crippen LogP contribution in [0.3, 0.4) is 0 Å². The largest absolute Gasteiger partial charge is 0.481 e. The molecule has 1 aliphatic heterocycles. The second-order valence-electron chi connectivity index (χ2n) is 7.05. The Hall–Kier alpha value is -2.15. The number of ether oxygens (including phenoxy) is 1. The number of benzene rings is 1. The molecule has 1 aromatic rings. The Morgan fingerprint density at radius 3 is 3.08 bits per heavy atom. The highest BCUT2D eigenvalue weighted by molar-refractivity contribution is 5.95. The van der Waals surface area contributed by atoms with E-state index >= 15 is 0 Å². The minimum absolute atomic E-state index is 0.0650. The summed E-state index contributed by atoms with van der Waals surface area (Å²) in [6.07, 6.45) is 3.62. The van der Waals surface area contributed by atoms with Crippen LogP contribution in [0.4, 0.5) is 10.1 Å². The van der Waals surface area contributed by atoms with E-state index in [2.05, 4.69) is 10.6 Å².